The molecular weight excluding hydrogens is 213 g/mol. The highest BCUT2D eigenvalue weighted by molar-refractivity contribution is 5.44. The number of nitro benzene ring substituents is 1. The first-order valence-electron chi connectivity index (χ1n) is 5.06. The van der Waals surface area contributed by atoms with Crippen LogP contribution < -0.4 is 4.74 Å². The molecule has 0 fully saturated rings. The SMILES string of the molecule is CCOc1cc(C(C)CF)cc([N+](=O)[O-])c1. The van der Waals surface area contributed by atoms with Crippen molar-refractivity contribution < 1.29 is 14.1 Å². The summed E-state index contributed by atoms with van der Waals surface area (Å²) in [6, 6.07) is 4.37. The summed E-state index contributed by atoms with van der Waals surface area (Å²) in [5.41, 5.74) is 0.515. The van der Waals surface area contributed by atoms with E-state index in [0.717, 1.165) is 0 Å². The third-order valence-electron chi connectivity index (χ3n) is 2.24. The Balaban J connectivity index is 3.13. The van der Waals surface area contributed by atoms with Crippen LogP contribution in [-0.4, -0.2) is 18.2 Å². The molecule has 0 N–H and O–H groups in total. The summed E-state index contributed by atoms with van der Waals surface area (Å²) in [7, 11) is 0. The van der Waals surface area contributed by atoms with Gasteiger partial charge in [-0.2, -0.15) is 0 Å². The summed E-state index contributed by atoms with van der Waals surface area (Å²) < 4.78 is 17.7. The maximum atomic E-state index is 12.5. The number of hydrogen-bond donors (Lipinski definition) is 0. The lowest BCUT2D eigenvalue weighted by atomic mass is 10.0. The molecule has 0 bridgehead atoms. The van der Waals surface area contributed by atoms with Gasteiger partial charge in [0, 0.05) is 12.0 Å². The molecule has 0 aliphatic carbocycles. The quantitative estimate of drug-likeness (QED) is 0.573. The van der Waals surface area contributed by atoms with E-state index in [0.29, 0.717) is 17.9 Å². The van der Waals surface area contributed by atoms with Gasteiger partial charge in [0.2, 0.25) is 0 Å². The molecule has 0 heterocycles. The Hall–Kier alpha value is -1.65. The molecule has 0 aromatic heterocycles. The van der Waals surface area contributed by atoms with Crippen LogP contribution in [0.2, 0.25) is 0 Å². The Bertz CT molecular complexity index is 381. The van der Waals surface area contributed by atoms with E-state index in [1.54, 1.807) is 19.9 Å². The van der Waals surface area contributed by atoms with E-state index in [1.807, 2.05) is 0 Å². The van der Waals surface area contributed by atoms with Gasteiger partial charge in [-0.15, -0.1) is 0 Å². The normalized spacial score (nSPS) is 12.2. The highest BCUT2D eigenvalue weighted by atomic mass is 19.1. The first kappa shape index (κ1) is 12.4. The van der Waals surface area contributed by atoms with Crippen LogP contribution in [0.25, 0.3) is 0 Å². The average Bonchev–Trinajstić information content (AvgIpc) is 2.28. The smallest absolute Gasteiger partial charge is 0.273 e. The van der Waals surface area contributed by atoms with Gasteiger partial charge in [0.05, 0.1) is 24.3 Å². The Labute approximate surface area is 93.2 Å². The fourth-order valence-corrected chi connectivity index (χ4v) is 1.33. The molecule has 0 aliphatic rings. The molecule has 88 valence electrons. The van der Waals surface area contributed by atoms with Gasteiger partial charge >= 0.3 is 0 Å². The fraction of sp³-hybridized carbons (Fsp3) is 0.455. The van der Waals surface area contributed by atoms with Crippen LogP contribution in [0.3, 0.4) is 0 Å². The van der Waals surface area contributed by atoms with Gasteiger partial charge in [0.15, 0.2) is 0 Å². The van der Waals surface area contributed by atoms with Gasteiger partial charge in [-0.3, -0.25) is 14.5 Å². The molecule has 1 aromatic rings. The van der Waals surface area contributed by atoms with Crippen molar-refractivity contribution in [2.45, 2.75) is 19.8 Å². The van der Waals surface area contributed by atoms with E-state index < -0.39 is 11.6 Å². The van der Waals surface area contributed by atoms with E-state index in [9.17, 15) is 14.5 Å². The number of nitrogens with zero attached hydrogens (tertiary/aromatic N) is 1. The summed E-state index contributed by atoms with van der Waals surface area (Å²) in [6.07, 6.45) is 0. The highest BCUT2D eigenvalue weighted by Gasteiger charge is 2.14. The molecule has 0 saturated heterocycles. The number of hydrogen-bond acceptors (Lipinski definition) is 3. The van der Waals surface area contributed by atoms with E-state index in [-0.39, 0.29) is 11.6 Å². The number of ether oxygens (including phenoxy) is 1. The number of benzene rings is 1. The first-order valence-corrected chi connectivity index (χ1v) is 5.06. The lowest BCUT2D eigenvalue weighted by Crippen LogP contribution is -2.00. The minimum Gasteiger partial charge on any atom is -0.494 e. The zero-order valence-electron chi connectivity index (χ0n) is 9.27. The van der Waals surface area contributed by atoms with Crippen molar-refractivity contribution in [1.82, 2.24) is 0 Å². The van der Waals surface area contributed by atoms with Crippen molar-refractivity contribution in [3.05, 3.63) is 33.9 Å². The van der Waals surface area contributed by atoms with Crippen molar-refractivity contribution in [2.24, 2.45) is 0 Å². The summed E-state index contributed by atoms with van der Waals surface area (Å²) >= 11 is 0. The predicted molar refractivity (Wildman–Crippen MR) is 58.7 cm³/mol. The van der Waals surface area contributed by atoms with Crippen LogP contribution in [0.1, 0.15) is 25.3 Å². The van der Waals surface area contributed by atoms with E-state index in [2.05, 4.69) is 0 Å². The van der Waals surface area contributed by atoms with Crippen LogP contribution in [0.4, 0.5) is 10.1 Å². The summed E-state index contributed by atoms with van der Waals surface area (Å²) in [5.74, 6) is 0.0473. The molecule has 1 unspecified atom stereocenters. The van der Waals surface area contributed by atoms with Crippen LogP contribution in [0.5, 0.6) is 5.75 Å². The number of rotatable bonds is 5. The molecule has 0 spiro atoms. The van der Waals surface area contributed by atoms with Gasteiger partial charge in [-0.25, -0.2) is 0 Å². The molecule has 5 heteroatoms. The average molecular weight is 227 g/mol. The van der Waals surface area contributed by atoms with Crippen LogP contribution in [0, 0.1) is 10.1 Å². The largest absolute Gasteiger partial charge is 0.494 e. The number of halogens is 1. The maximum Gasteiger partial charge on any atom is 0.273 e. The Morgan fingerprint density at radius 1 is 1.50 bits per heavy atom. The molecule has 0 radical (unpaired) electrons. The minimum absolute atomic E-state index is 0.0683. The lowest BCUT2D eigenvalue weighted by Gasteiger charge is -2.10. The molecule has 1 aromatic carbocycles. The third kappa shape index (κ3) is 2.92. The molecule has 0 amide bonds. The van der Waals surface area contributed by atoms with Gasteiger partial charge in [-0.05, 0) is 18.6 Å². The zero-order chi connectivity index (χ0) is 12.1. The molecule has 1 rings (SSSR count). The molecule has 0 aliphatic heterocycles. The van der Waals surface area contributed by atoms with E-state index in [4.69, 9.17) is 4.74 Å². The van der Waals surface area contributed by atoms with Gasteiger partial charge in [0.1, 0.15) is 5.75 Å². The monoisotopic (exact) mass is 227 g/mol. The van der Waals surface area contributed by atoms with Crippen LogP contribution in [0.15, 0.2) is 18.2 Å². The van der Waals surface area contributed by atoms with Crippen molar-refractivity contribution in [3.63, 3.8) is 0 Å². The number of alkyl halides is 1. The van der Waals surface area contributed by atoms with Gasteiger partial charge < -0.3 is 4.74 Å². The maximum absolute atomic E-state index is 12.5. The Kier molecular flexibility index (Phi) is 4.22. The van der Waals surface area contributed by atoms with Gasteiger partial charge in [0.25, 0.3) is 5.69 Å². The minimum atomic E-state index is -0.549. The number of non-ortho nitro benzene ring substituents is 1. The molecule has 16 heavy (non-hydrogen) atoms. The summed E-state index contributed by atoms with van der Waals surface area (Å²) in [5, 5.41) is 10.7. The predicted octanol–water partition coefficient (Wildman–Crippen LogP) is 3.07. The summed E-state index contributed by atoms with van der Waals surface area (Å²) in [4.78, 5) is 10.2. The Morgan fingerprint density at radius 3 is 2.69 bits per heavy atom. The van der Waals surface area contributed by atoms with Crippen molar-refractivity contribution >= 4 is 5.69 Å². The second-order valence-electron chi connectivity index (χ2n) is 3.51. The molecule has 1 atom stereocenters. The van der Waals surface area contributed by atoms with Crippen molar-refractivity contribution in [1.29, 1.82) is 0 Å². The third-order valence-corrected chi connectivity index (χ3v) is 2.24. The second kappa shape index (κ2) is 5.44. The van der Waals surface area contributed by atoms with Gasteiger partial charge in [-0.1, -0.05) is 6.92 Å². The highest BCUT2D eigenvalue weighted by Crippen LogP contribution is 2.27. The standard InChI is InChI=1S/C11H14FNO3/c1-3-16-11-5-9(8(2)7-12)4-10(6-11)13(14)15/h4-6,8H,3,7H2,1-2H3. The van der Waals surface area contributed by atoms with Crippen LogP contribution >= 0.6 is 0 Å². The molecule has 4 nitrogen and oxygen atoms in total. The lowest BCUT2D eigenvalue weighted by molar-refractivity contribution is -0.385. The molecule has 0 saturated carbocycles. The van der Waals surface area contributed by atoms with Crippen molar-refractivity contribution in [3.8, 4) is 5.75 Å². The van der Waals surface area contributed by atoms with Crippen LogP contribution in [-0.2, 0) is 0 Å². The first-order chi connectivity index (χ1) is 7.58. The summed E-state index contributed by atoms with van der Waals surface area (Å²) in [6.45, 7) is 3.34. The molecular formula is C11H14FNO3. The zero-order valence-corrected chi connectivity index (χ0v) is 9.27. The fourth-order valence-electron chi connectivity index (χ4n) is 1.33. The van der Waals surface area contributed by atoms with E-state index in [1.165, 1.54) is 12.1 Å². The van der Waals surface area contributed by atoms with E-state index >= 15 is 0 Å². The van der Waals surface area contributed by atoms with Crippen molar-refractivity contribution in [2.75, 3.05) is 13.3 Å². The Morgan fingerprint density at radius 2 is 2.19 bits per heavy atom. The second-order valence-corrected chi connectivity index (χ2v) is 3.51. The topological polar surface area (TPSA) is 52.4 Å². The number of nitro groups is 1.